The summed E-state index contributed by atoms with van der Waals surface area (Å²) in [6.07, 6.45) is 1.68. The third-order valence-electron chi connectivity index (χ3n) is 2.71. The van der Waals surface area contributed by atoms with Crippen LogP contribution in [0.3, 0.4) is 0 Å². The molecule has 0 bridgehead atoms. The summed E-state index contributed by atoms with van der Waals surface area (Å²) in [6, 6.07) is 0. The molecule has 0 rings (SSSR count). The van der Waals surface area contributed by atoms with Crippen LogP contribution in [0.15, 0.2) is 0 Å². The van der Waals surface area contributed by atoms with Crippen LogP contribution in [0, 0.1) is 5.41 Å². The Labute approximate surface area is 101 Å². The molecule has 0 saturated heterocycles. The Balaban J connectivity index is 3.62. The van der Waals surface area contributed by atoms with E-state index in [9.17, 15) is 4.79 Å². The Bertz CT molecular complexity index is 206. The number of nitrogens with zero attached hydrogens (tertiary/aromatic N) is 2. The molecule has 0 heterocycles. The van der Waals surface area contributed by atoms with Crippen LogP contribution >= 0.6 is 0 Å². The van der Waals surface area contributed by atoms with Gasteiger partial charge in [-0.3, -0.25) is 4.79 Å². The minimum absolute atomic E-state index is 0.178. The first-order valence-corrected chi connectivity index (χ1v) is 6.10. The van der Waals surface area contributed by atoms with Gasteiger partial charge in [0.1, 0.15) is 5.78 Å². The van der Waals surface area contributed by atoms with E-state index in [1.54, 1.807) is 0 Å². The maximum absolute atomic E-state index is 11.7. The molecule has 0 amide bonds. The molecule has 0 fully saturated rings. The maximum Gasteiger partial charge on any atom is 0.138 e. The zero-order valence-electron chi connectivity index (χ0n) is 11.8. The first kappa shape index (κ1) is 15.6. The summed E-state index contributed by atoms with van der Waals surface area (Å²) in [6.45, 7) is 9.12. The molecule has 16 heavy (non-hydrogen) atoms. The highest BCUT2D eigenvalue weighted by molar-refractivity contribution is 5.83. The second-order valence-corrected chi connectivity index (χ2v) is 5.88. The third kappa shape index (κ3) is 7.83. The molecule has 0 atom stereocenters. The highest BCUT2D eigenvalue weighted by Gasteiger charge is 2.20. The normalized spacial score (nSPS) is 12.5. The molecule has 0 aromatic rings. The minimum Gasteiger partial charge on any atom is -0.308 e. The molecule has 0 aromatic carbocycles. The largest absolute Gasteiger partial charge is 0.308 e. The molecule has 0 radical (unpaired) electrons. The first-order valence-electron chi connectivity index (χ1n) is 6.10. The van der Waals surface area contributed by atoms with Gasteiger partial charge in [0.2, 0.25) is 0 Å². The zero-order valence-corrected chi connectivity index (χ0v) is 11.8. The summed E-state index contributed by atoms with van der Waals surface area (Å²) in [5.74, 6) is 0.369. The third-order valence-corrected chi connectivity index (χ3v) is 2.71. The number of ketones is 1. The lowest BCUT2D eigenvalue weighted by atomic mass is 9.88. The van der Waals surface area contributed by atoms with Crippen LogP contribution in [0.2, 0.25) is 0 Å². The number of likely N-dealkylation sites (N-methyl/N-ethyl adjacent to an activating group) is 2. The molecule has 3 heteroatoms. The lowest BCUT2D eigenvalue weighted by Gasteiger charge is -2.20. The van der Waals surface area contributed by atoms with Crippen molar-refractivity contribution in [2.24, 2.45) is 5.41 Å². The van der Waals surface area contributed by atoms with Crippen molar-refractivity contribution in [1.29, 1.82) is 0 Å². The molecular formula is C13H28N2O. The van der Waals surface area contributed by atoms with E-state index in [1.165, 1.54) is 0 Å². The van der Waals surface area contributed by atoms with E-state index in [1.807, 2.05) is 20.8 Å². The fourth-order valence-corrected chi connectivity index (χ4v) is 1.37. The lowest BCUT2D eigenvalue weighted by Crippen LogP contribution is -2.30. The zero-order chi connectivity index (χ0) is 12.8. The molecule has 3 nitrogen and oxygen atoms in total. The molecule has 0 unspecified atom stereocenters. The van der Waals surface area contributed by atoms with Gasteiger partial charge >= 0.3 is 0 Å². The second-order valence-electron chi connectivity index (χ2n) is 5.88. The Morgan fingerprint density at radius 3 is 2.00 bits per heavy atom. The van der Waals surface area contributed by atoms with Gasteiger partial charge in [0.15, 0.2) is 0 Å². The Hall–Kier alpha value is -0.410. The summed E-state index contributed by atoms with van der Waals surface area (Å²) in [4.78, 5) is 16.2. The van der Waals surface area contributed by atoms with Crippen LogP contribution < -0.4 is 0 Å². The van der Waals surface area contributed by atoms with Crippen LogP contribution in [-0.2, 0) is 4.79 Å². The van der Waals surface area contributed by atoms with Crippen LogP contribution in [-0.4, -0.2) is 56.4 Å². The molecule has 0 N–H and O–H groups in total. The molecule has 0 aliphatic heterocycles. The van der Waals surface area contributed by atoms with Crippen molar-refractivity contribution in [1.82, 2.24) is 9.80 Å². The highest BCUT2D eigenvalue weighted by atomic mass is 16.1. The fraction of sp³-hybridized carbons (Fsp3) is 0.923. The highest BCUT2D eigenvalue weighted by Crippen LogP contribution is 2.17. The molecular weight excluding hydrogens is 200 g/mol. The van der Waals surface area contributed by atoms with Gasteiger partial charge in [-0.2, -0.15) is 0 Å². The number of rotatable bonds is 7. The molecule has 0 aliphatic rings. The molecule has 0 aromatic heterocycles. The smallest absolute Gasteiger partial charge is 0.138 e. The van der Waals surface area contributed by atoms with Crippen LogP contribution in [0.1, 0.15) is 33.6 Å². The summed E-state index contributed by atoms with van der Waals surface area (Å²) < 4.78 is 0. The van der Waals surface area contributed by atoms with E-state index < -0.39 is 0 Å². The summed E-state index contributed by atoms with van der Waals surface area (Å²) in [5, 5.41) is 0. The lowest BCUT2D eigenvalue weighted by molar-refractivity contribution is -0.126. The number of Topliss-reactive ketones (excluding diaryl/α,β-unsaturated/α-hetero) is 1. The topological polar surface area (TPSA) is 23.6 Å². The number of hydrogen-bond acceptors (Lipinski definition) is 3. The predicted molar refractivity (Wildman–Crippen MR) is 69.7 cm³/mol. The number of hydrogen-bond donors (Lipinski definition) is 0. The van der Waals surface area contributed by atoms with E-state index in [0.29, 0.717) is 12.2 Å². The predicted octanol–water partition coefficient (Wildman–Crippen LogP) is 1.88. The van der Waals surface area contributed by atoms with Crippen molar-refractivity contribution in [3.05, 3.63) is 0 Å². The Kier molecular flexibility index (Phi) is 6.84. The van der Waals surface area contributed by atoms with Gasteiger partial charge in [-0.15, -0.1) is 0 Å². The van der Waals surface area contributed by atoms with Crippen molar-refractivity contribution < 1.29 is 4.79 Å². The van der Waals surface area contributed by atoms with E-state index in [0.717, 1.165) is 26.1 Å². The van der Waals surface area contributed by atoms with Gasteiger partial charge in [0.05, 0.1) is 0 Å². The summed E-state index contributed by atoms with van der Waals surface area (Å²) >= 11 is 0. The average Bonchev–Trinajstić information content (AvgIpc) is 2.13. The van der Waals surface area contributed by atoms with Crippen molar-refractivity contribution in [3.8, 4) is 0 Å². The fourth-order valence-electron chi connectivity index (χ4n) is 1.37. The van der Waals surface area contributed by atoms with Crippen LogP contribution in [0.25, 0.3) is 0 Å². The van der Waals surface area contributed by atoms with Crippen molar-refractivity contribution in [2.45, 2.75) is 33.6 Å². The van der Waals surface area contributed by atoms with Crippen molar-refractivity contribution in [3.63, 3.8) is 0 Å². The minimum atomic E-state index is -0.178. The Morgan fingerprint density at radius 2 is 1.56 bits per heavy atom. The van der Waals surface area contributed by atoms with Crippen LogP contribution in [0.5, 0.6) is 0 Å². The van der Waals surface area contributed by atoms with E-state index in [-0.39, 0.29) is 5.41 Å². The van der Waals surface area contributed by atoms with Gasteiger partial charge in [0, 0.05) is 24.9 Å². The Morgan fingerprint density at radius 1 is 1.00 bits per heavy atom. The second kappa shape index (κ2) is 7.02. The summed E-state index contributed by atoms with van der Waals surface area (Å²) in [7, 11) is 6.28. The van der Waals surface area contributed by atoms with Gasteiger partial charge in [-0.05, 0) is 34.1 Å². The monoisotopic (exact) mass is 228 g/mol. The number of carbonyl (C=O) groups excluding carboxylic acids is 1. The quantitative estimate of drug-likeness (QED) is 0.664. The summed E-state index contributed by atoms with van der Waals surface area (Å²) in [5.41, 5.74) is -0.178. The van der Waals surface area contributed by atoms with Gasteiger partial charge in [-0.1, -0.05) is 20.8 Å². The van der Waals surface area contributed by atoms with E-state index in [2.05, 4.69) is 30.9 Å². The average molecular weight is 228 g/mol. The van der Waals surface area contributed by atoms with Crippen LogP contribution in [0.4, 0.5) is 0 Å². The van der Waals surface area contributed by atoms with E-state index in [4.69, 9.17) is 0 Å². The molecule has 0 saturated carbocycles. The van der Waals surface area contributed by atoms with Gasteiger partial charge in [-0.25, -0.2) is 0 Å². The molecule has 0 spiro atoms. The molecule has 0 aliphatic carbocycles. The van der Waals surface area contributed by atoms with Crippen molar-refractivity contribution in [2.75, 3.05) is 40.8 Å². The maximum atomic E-state index is 11.7. The first-order chi connectivity index (χ1) is 7.23. The van der Waals surface area contributed by atoms with Gasteiger partial charge in [0.25, 0.3) is 0 Å². The van der Waals surface area contributed by atoms with Crippen molar-refractivity contribution >= 4 is 5.78 Å². The number of carbonyl (C=O) groups is 1. The standard InChI is InChI=1S/C13H28N2O/c1-13(2,3)12(16)8-7-9-15(6)11-10-14(4)5/h7-11H2,1-6H3. The SMILES string of the molecule is CN(C)CCN(C)CCCC(=O)C(C)(C)C. The van der Waals surface area contributed by atoms with Gasteiger partial charge < -0.3 is 9.80 Å². The molecule has 96 valence electrons. The van der Waals surface area contributed by atoms with E-state index >= 15 is 0 Å².